The number of anilines is 1. The Balaban J connectivity index is 0.764. The lowest BCUT2D eigenvalue weighted by Gasteiger charge is -2.30. The number of urea groups is 1. The lowest BCUT2D eigenvalue weighted by Crippen LogP contribution is -2.41. The van der Waals surface area contributed by atoms with Crippen LogP contribution in [0.25, 0.3) is 10.9 Å². The van der Waals surface area contributed by atoms with Crippen LogP contribution in [0, 0.1) is 0 Å². The number of aromatic nitrogens is 2. The van der Waals surface area contributed by atoms with Crippen LogP contribution in [0.1, 0.15) is 86.0 Å². The van der Waals surface area contributed by atoms with Crippen molar-refractivity contribution in [3.63, 3.8) is 0 Å². The third kappa shape index (κ3) is 22.0. The fourth-order valence-corrected chi connectivity index (χ4v) is 8.77. The second-order valence-electron chi connectivity index (χ2n) is 18.9. The molecule has 5 N–H and O–H groups in total. The Morgan fingerprint density at radius 1 is 0.667 bits per heavy atom. The molecule has 426 valence electrons. The van der Waals surface area contributed by atoms with Crippen molar-refractivity contribution in [2.45, 2.75) is 82.8 Å². The van der Waals surface area contributed by atoms with Gasteiger partial charge in [-0.1, -0.05) is 43.2 Å². The fraction of sp³-hybridized carbons (Fsp3) is 0.561. The highest BCUT2D eigenvalue weighted by atomic mass is 16.6. The topological polar surface area (TPSA) is 249 Å². The molecule has 0 fully saturated rings. The molecular formula is C57H81N9O12. The lowest BCUT2D eigenvalue weighted by atomic mass is 9.86. The van der Waals surface area contributed by atoms with Gasteiger partial charge in [-0.25, -0.2) is 9.80 Å². The molecule has 4 heterocycles. The monoisotopic (exact) mass is 1080 g/mol. The smallest absolute Gasteiger partial charge is 0.322 e. The number of hydrogen-bond donors (Lipinski definition) is 4. The number of rotatable bonds is 40. The molecule has 78 heavy (non-hydrogen) atoms. The Kier molecular flexibility index (Phi) is 28.4. The minimum Gasteiger partial charge on any atom is -0.382 e. The summed E-state index contributed by atoms with van der Waals surface area (Å²) in [6, 6.07) is 18.5. The number of pyridine rings is 2. The zero-order valence-corrected chi connectivity index (χ0v) is 45.4. The predicted molar refractivity (Wildman–Crippen MR) is 295 cm³/mol. The summed E-state index contributed by atoms with van der Waals surface area (Å²) < 4.78 is 43.1. The van der Waals surface area contributed by atoms with Gasteiger partial charge in [-0.3, -0.25) is 24.4 Å². The minimum absolute atomic E-state index is 0.0564. The highest BCUT2D eigenvalue weighted by Crippen LogP contribution is 2.34. The van der Waals surface area contributed by atoms with E-state index in [1.165, 1.54) is 0 Å². The average molecular weight is 1080 g/mol. The van der Waals surface area contributed by atoms with E-state index in [1.807, 2.05) is 60.7 Å². The number of amides is 5. The van der Waals surface area contributed by atoms with Gasteiger partial charge in [0.25, 0.3) is 5.91 Å². The summed E-state index contributed by atoms with van der Waals surface area (Å²) in [5.74, 6) is -0.793. The largest absolute Gasteiger partial charge is 0.382 e. The highest BCUT2D eigenvalue weighted by Gasteiger charge is 2.34. The molecule has 2 atom stereocenters. The number of fused-ring (bicyclic) bond motifs is 2. The molecule has 1 unspecified atom stereocenters. The number of hydrogen-bond acceptors (Lipinski definition) is 16. The number of carbonyl (C=O) groups is 4. The first kappa shape index (κ1) is 61.2. The van der Waals surface area contributed by atoms with Crippen LogP contribution in [0.5, 0.6) is 0 Å². The van der Waals surface area contributed by atoms with Crippen molar-refractivity contribution in [1.29, 1.82) is 0 Å². The summed E-state index contributed by atoms with van der Waals surface area (Å²) in [5.41, 5.74) is 12.4. The van der Waals surface area contributed by atoms with Gasteiger partial charge in [-0.15, -0.1) is 0 Å². The van der Waals surface area contributed by atoms with Crippen LogP contribution >= 0.6 is 0 Å². The number of nitrogens with two attached hydrogens (primary N) is 1. The van der Waals surface area contributed by atoms with E-state index >= 15 is 0 Å². The Hall–Kier alpha value is -6.01. The molecule has 2 aliphatic heterocycles. The van der Waals surface area contributed by atoms with Gasteiger partial charge in [-0.05, 0) is 84.7 Å². The summed E-state index contributed by atoms with van der Waals surface area (Å²) in [7, 11) is 1.64. The van der Waals surface area contributed by atoms with E-state index in [2.05, 4.69) is 25.9 Å². The number of nitrogens with one attached hydrogen (secondary N) is 3. The summed E-state index contributed by atoms with van der Waals surface area (Å²) in [5, 5.41) is 16.3. The van der Waals surface area contributed by atoms with Gasteiger partial charge in [0.15, 0.2) is 0 Å². The van der Waals surface area contributed by atoms with E-state index in [0.29, 0.717) is 163 Å². The molecule has 21 heteroatoms. The Morgan fingerprint density at radius 3 is 1.95 bits per heavy atom. The first-order chi connectivity index (χ1) is 38.3. The van der Waals surface area contributed by atoms with E-state index in [-0.39, 0.29) is 30.2 Å². The maximum absolute atomic E-state index is 14.2. The first-order valence-corrected chi connectivity index (χ1v) is 27.4. The molecule has 6 rings (SSSR count). The van der Waals surface area contributed by atoms with Gasteiger partial charge in [0, 0.05) is 82.3 Å². The molecule has 5 amide bonds. The van der Waals surface area contributed by atoms with E-state index in [9.17, 15) is 19.2 Å². The van der Waals surface area contributed by atoms with Crippen molar-refractivity contribution < 1.29 is 57.1 Å². The van der Waals surface area contributed by atoms with Crippen LogP contribution in [0.2, 0.25) is 0 Å². The van der Waals surface area contributed by atoms with Crippen LogP contribution in [0.3, 0.4) is 0 Å². The number of unbranched alkanes of at least 4 members (excludes halogenated alkanes) is 4. The number of methoxy groups -OCH3 is 1. The molecule has 0 radical (unpaired) electrons. The van der Waals surface area contributed by atoms with Crippen molar-refractivity contribution in [3.8, 4) is 0 Å². The molecule has 2 aliphatic rings. The number of carbonyl (C=O) groups excluding carboxylic acids is 4. The second kappa shape index (κ2) is 36.2. The van der Waals surface area contributed by atoms with E-state index < -0.39 is 12.0 Å². The molecule has 0 spiro atoms. The van der Waals surface area contributed by atoms with E-state index in [1.54, 1.807) is 35.6 Å². The maximum Gasteiger partial charge on any atom is 0.322 e. The molecule has 0 aliphatic carbocycles. The number of benzene rings is 2. The quantitative estimate of drug-likeness (QED) is 0.0411. The Labute approximate surface area is 458 Å². The molecular weight excluding hydrogens is 1000 g/mol. The van der Waals surface area contributed by atoms with Crippen molar-refractivity contribution in [1.82, 2.24) is 30.5 Å². The number of ether oxygens (including phenoxy) is 8. The molecule has 0 saturated carbocycles. The van der Waals surface area contributed by atoms with Gasteiger partial charge in [0.1, 0.15) is 0 Å². The van der Waals surface area contributed by atoms with Crippen molar-refractivity contribution in [2.75, 3.05) is 131 Å². The van der Waals surface area contributed by atoms with Gasteiger partial charge < -0.3 is 64.5 Å². The van der Waals surface area contributed by atoms with E-state index in [0.717, 1.165) is 64.6 Å². The van der Waals surface area contributed by atoms with Crippen LogP contribution in [-0.2, 0) is 65.4 Å². The minimum atomic E-state index is -0.628. The van der Waals surface area contributed by atoms with Crippen LogP contribution < -0.4 is 21.7 Å². The standard InChI is InChI=1S/C57H81N9O12/c1-71-26-27-73-30-31-75-34-35-77-38-39-78-37-36-76-33-32-74-29-28-72-25-19-54(67)61-20-6-4-12-51(58)55(68)62-21-5-2-3-7-24-66-56(69)50(48-10-8-13-52-49(48)11-9-22-60-52)40-53(64-66)44-14-16-47(17-15-44)63-57(70)65-42-45-18-23-59-41-46(45)43-65/h8-11,13-18,22-23,41,50-51H,2-7,12,19-21,24-40,42-43,58H2,1H3,(H,61,67)(H,62,68)(H,63,70)/t50?,51-/m0/s1. The van der Waals surface area contributed by atoms with Crippen molar-refractivity contribution >= 4 is 46.1 Å². The normalized spacial score (nSPS) is 14.6. The second-order valence-corrected chi connectivity index (χ2v) is 18.9. The molecule has 2 aromatic carbocycles. The molecule has 21 nitrogen and oxygen atoms in total. The van der Waals surface area contributed by atoms with Gasteiger partial charge in [-0.2, -0.15) is 5.10 Å². The summed E-state index contributed by atoms with van der Waals surface area (Å²) >= 11 is 0. The van der Waals surface area contributed by atoms with Crippen molar-refractivity contribution in [3.05, 3.63) is 102 Å². The van der Waals surface area contributed by atoms with Gasteiger partial charge in [0.05, 0.1) is 122 Å². The van der Waals surface area contributed by atoms with Crippen LogP contribution in [0.15, 0.2) is 84.4 Å². The highest BCUT2D eigenvalue weighted by molar-refractivity contribution is 6.07. The summed E-state index contributed by atoms with van der Waals surface area (Å²) in [6.07, 6.45) is 11.1. The third-order valence-corrected chi connectivity index (χ3v) is 13.1. The zero-order valence-electron chi connectivity index (χ0n) is 45.4. The number of nitrogens with zero attached hydrogens (tertiary/aromatic N) is 5. The summed E-state index contributed by atoms with van der Waals surface area (Å²) in [4.78, 5) is 62.8. The fourth-order valence-electron chi connectivity index (χ4n) is 8.77. The van der Waals surface area contributed by atoms with Gasteiger partial charge in [0.2, 0.25) is 11.8 Å². The van der Waals surface area contributed by atoms with Crippen LogP contribution in [0.4, 0.5) is 10.5 Å². The molecule has 0 saturated heterocycles. The molecule has 4 aromatic rings. The maximum atomic E-state index is 14.2. The first-order valence-electron chi connectivity index (χ1n) is 27.4. The van der Waals surface area contributed by atoms with Crippen molar-refractivity contribution in [2.24, 2.45) is 10.8 Å². The molecule has 2 aromatic heterocycles. The number of hydrazone groups is 1. The third-order valence-electron chi connectivity index (χ3n) is 13.1. The summed E-state index contributed by atoms with van der Waals surface area (Å²) in [6.45, 7) is 9.57. The Bertz CT molecular complexity index is 2400. The van der Waals surface area contributed by atoms with Gasteiger partial charge >= 0.3 is 6.03 Å². The van der Waals surface area contributed by atoms with E-state index in [4.69, 9.17) is 48.7 Å². The lowest BCUT2D eigenvalue weighted by molar-refractivity contribution is -0.133. The molecule has 0 bridgehead atoms. The van der Waals surface area contributed by atoms with Crippen LogP contribution in [-0.4, -0.2) is 181 Å². The zero-order chi connectivity index (χ0) is 54.8. The predicted octanol–water partition coefficient (Wildman–Crippen LogP) is 5.34. The Morgan fingerprint density at radius 2 is 1.28 bits per heavy atom. The average Bonchev–Trinajstić information content (AvgIpc) is 3.97. The SMILES string of the molecule is COCCOCCOCCOCCOCCOCCOCCOCCC(=O)NCCCC[C@H](N)C(=O)NCCCCCCN1N=C(c2ccc(NC(=O)N3Cc4ccncc4C3)cc2)CC(c2cccc3ncccc23)C1=O.